The second-order valence-electron chi connectivity index (χ2n) is 5.66. The van der Waals surface area contributed by atoms with Crippen LogP contribution in [0.1, 0.15) is 49.1 Å². The van der Waals surface area contributed by atoms with E-state index in [4.69, 9.17) is 16.3 Å². The van der Waals surface area contributed by atoms with Crippen molar-refractivity contribution in [1.29, 1.82) is 0 Å². The molecule has 0 bridgehead atoms. The molecule has 2 atom stereocenters. The van der Waals surface area contributed by atoms with Gasteiger partial charge in [-0.25, -0.2) is 0 Å². The monoisotopic (exact) mass is 285 g/mol. The van der Waals surface area contributed by atoms with Gasteiger partial charge in [0.05, 0.1) is 9.94 Å². The number of nitrogens with one attached hydrogen (secondary N) is 1. The number of hydrogen-bond donors (Lipinski definition) is 1. The topological polar surface area (TPSA) is 21.3 Å². The smallest absolute Gasteiger partial charge is 0.0934 e. The fourth-order valence-corrected chi connectivity index (χ4v) is 4.43. The van der Waals surface area contributed by atoms with Crippen LogP contribution in [-0.2, 0) is 11.2 Å². The van der Waals surface area contributed by atoms with Crippen LogP contribution in [-0.4, -0.2) is 18.8 Å². The van der Waals surface area contributed by atoms with Crippen LogP contribution in [0.15, 0.2) is 6.07 Å². The molecule has 3 rings (SSSR count). The third-order valence-corrected chi connectivity index (χ3v) is 5.45. The molecule has 2 nitrogen and oxygen atoms in total. The van der Waals surface area contributed by atoms with Gasteiger partial charge in [0.2, 0.25) is 0 Å². The molecule has 1 aromatic rings. The van der Waals surface area contributed by atoms with Crippen LogP contribution in [0.3, 0.4) is 0 Å². The number of hydrogen-bond acceptors (Lipinski definition) is 3. The largest absolute Gasteiger partial charge is 0.374 e. The summed E-state index contributed by atoms with van der Waals surface area (Å²) in [5.41, 5.74) is 1.47. The van der Waals surface area contributed by atoms with E-state index in [0.29, 0.717) is 6.04 Å². The highest BCUT2D eigenvalue weighted by atomic mass is 35.5. The molecule has 2 heterocycles. The van der Waals surface area contributed by atoms with E-state index < -0.39 is 0 Å². The second kappa shape index (κ2) is 5.12. The molecular weight excluding hydrogens is 266 g/mol. The van der Waals surface area contributed by atoms with Gasteiger partial charge in [-0.2, -0.15) is 0 Å². The van der Waals surface area contributed by atoms with Crippen molar-refractivity contribution in [3.8, 4) is 0 Å². The molecule has 0 amide bonds. The normalized spacial score (nSPS) is 31.6. The Morgan fingerprint density at radius 1 is 1.56 bits per heavy atom. The Morgan fingerprint density at radius 3 is 3.22 bits per heavy atom. The van der Waals surface area contributed by atoms with Crippen molar-refractivity contribution < 1.29 is 4.74 Å². The number of thiophene rings is 1. The first-order valence-corrected chi connectivity index (χ1v) is 8.01. The van der Waals surface area contributed by atoms with E-state index in [0.717, 1.165) is 17.5 Å². The quantitative estimate of drug-likeness (QED) is 0.908. The average molecular weight is 286 g/mol. The summed E-state index contributed by atoms with van der Waals surface area (Å²) in [7, 11) is 0. The summed E-state index contributed by atoms with van der Waals surface area (Å²) in [4.78, 5) is 1.47. The Balaban J connectivity index is 1.67. The minimum atomic E-state index is 0.0391. The number of halogens is 1. The van der Waals surface area contributed by atoms with E-state index in [1.807, 2.05) is 0 Å². The van der Waals surface area contributed by atoms with Crippen LogP contribution in [0.4, 0.5) is 0 Å². The van der Waals surface area contributed by atoms with Crippen molar-refractivity contribution in [2.45, 2.75) is 50.7 Å². The molecule has 0 radical (unpaired) electrons. The average Bonchev–Trinajstić information content (AvgIpc) is 2.92. The lowest BCUT2D eigenvalue weighted by Crippen LogP contribution is -2.39. The molecule has 4 heteroatoms. The number of fused-ring (bicyclic) bond motifs is 1. The molecule has 1 aliphatic carbocycles. The van der Waals surface area contributed by atoms with Gasteiger partial charge in [0.1, 0.15) is 0 Å². The highest BCUT2D eigenvalue weighted by molar-refractivity contribution is 7.16. The lowest BCUT2D eigenvalue weighted by Gasteiger charge is -2.29. The van der Waals surface area contributed by atoms with E-state index in [9.17, 15) is 0 Å². The standard InChI is InChI=1S/C14H20ClNOS/c1-14(6-3-7-17-14)9-16-11-4-2-5-12-10(11)8-13(15)18-12/h8,11,16H,2-7,9H2,1H3. The molecule has 1 N–H and O–H groups in total. The summed E-state index contributed by atoms with van der Waals surface area (Å²) < 4.78 is 6.77. The summed E-state index contributed by atoms with van der Waals surface area (Å²) >= 11 is 7.88. The first kappa shape index (κ1) is 12.9. The van der Waals surface area contributed by atoms with E-state index in [2.05, 4.69) is 18.3 Å². The zero-order valence-corrected chi connectivity index (χ0v) is 12.4. The minimum absolute atomic E-state index is 0.0391. The molecular formula is C14H20ClNOS. The maximum absolute atomic E-state index is 6.14. The van der Waals surface area contributed by atoms with E-state index in [1.54, 1.807) is 11.3 Å². The molecule has 1 saturated heterocycles. The zero-order chi connectivity index (χ0) is 12.6. The SMILES string of the molecule is CC1(CNC2CCCc3sc(Cl)cc32)CCCO1. The molecule has 0 saturated carbocycles. The van der Waals surface area contributed by atoms with Gasteiger partial charge in [-0.05, 0) is 50.7 Å². The van der Waals surface area contributed by atoms with Gasteiger partial charge in [-0.1, -0.05) is 11.6 Å². The third kappa shape index (κ3) is 2.60. The maximum Gasteiger partial charge on any atom is 0.0934 e. The van der Waals surface area contributed by atoms with Gasteiger partial charge in [0, 0.05) is 24.1 Å². The van der Waals surface area contributed by atoms with Gasteiger partial charge in [0.15, 0.2) is 0 Å². The van der Waals surface area contributed by atoms with E-state index >= 15 is 0 Å². The molecule has 1 aromatic heterocycles. The summed E-state index contributed by atoms with van der Waals surface area (Å²) in [6.45, 7) is 4.08. The summed E-state index contributed by atoms with van der Waals surface area (Å²) in [5, 5.41) is 3.70. The fraction of sp³-hybridized carbons (Fsp3) is 0.714. The second-order valence-corrected chi connectivity index (χ2v) is 7.42. The van der Waals surface area contributed by atoms with Crippen molar-refractivity contribution in [3.63, 3.8) is 0 Å². The number of aryl methyl sites for hydroxylation is 1. The number of rotatable bonds is 3. The van der Waals surface area contributed by atoms with E-state index in [1.165, 1.54) is 42.5 Å². The molecule has 0 spiro atoms. The summed E-state index contributed by atoms with van der Waals surface area (Å²) in [5.74, 6) is 0. The highest BCUT2D eigenvalue weighted by Gasteiger charge is 2.31. The van der Waals surface area contributed by atoms with Gasteiger partial charge in [0.25, 0.3) is 0 Å². The van der Waals surface area contributed by atoms with Crippen molar-refractivity contribution in [2.24, 2.45) is 0 Å². The van der Waals surface area contributed by atoms with Gasteiger partial charge in [-0.15, -0.1) is 11.3 Å². The molecule has 1 fully saturated rings. The Bertz CT molecular complexity index is 425. The Hall–Kier alpha value is -0.0900. The van der Waals surface area contributed by atoms with Crippen LogP contribution < -0.4 is 5.32 Å². The molecule has 2 unspecified atom stereocenters. The predicted molar refractivity (Wildman–Crippen MR) is 76.6 cm³/mol. The van der Waals surface area contributed by atoms with Gasteiger partial charge >= 0.3 is 0 Å². The Kier molecular flexibility index (Phi) is 3.68. The lowest BCUT2D eigenvalue weighted by molar-refractivity contribution is 0.0183. The molecule has 100 valence electrons. The molecule has 0 aromatic carbocycles. The zero-order valence-electron chi connectivity index (χ0n) is 10.8. The molecule has 18 heavy (non-hydrogen) atoms. The van der Waals surface area contributed by atoms with Crippen LogP contribution in [0.2, 0.25) is 4.34 Å². The number of ether oxygens (including phenoxy) is 1. The van der Waals surface area contributed by atoms with Crippen molar-refractivity contribution in [2.75, 3.05) is 13.2 Å². The van der Waals surface area contributed by atoms with Crippen molar-refractivity contribution >= 4 is 22.9 Å². The lowest BCUT2D eigenvalue weighted by atomic mass is 9.93. The highest BCUT2D eigenvalue weighted by Crippen LogP contribution is 2.38. The van der Waals surface area contributed by atoms with Crippen molar-refractivity contribution in [1.82, 2.24) is 5.32 Å². The Labute approximate surface area is 118 Å². The van der Waals surface area contributed by atoms with E-state index in [-0.39, 0.29) is 5.60 Å². The fourth-order valence-electron chi connectivity index (χ4n) is 3.05. The van der Waals surface area contributed by atoms with Crippen LogP contribution >= 0.6 is 22.9 Å². The van der Waals surface area contributed by atoms with Crippen LogP contribution in [0, 0.1) is 0 Å². The van der Waals surface area contributed by atoms with Crippen molar-refractivity contribution in [3.05, 3.63) is 20.8 Å². The third-order valence-electron chi connectivity index (χ3n) is 4.11. The van der Waals surface area contributed by atoms with Crippen LogP contribution in [0.25, 0.3) is 0 Å². The maximum atomic E-state index is 6.14. The Morgan fingerprint density at radius 2 is 2.44 bits per heavy atom. The minimum Gasteiger partial charge on any atom is -0.374 e. The molecule has 1 aliphatic heterocycles. The summed E-state index contributed by atoms with van der Waals surface area (Å²) in [6.07, 6.45) is 6.04. The van der Waals surface area contributed by atoms with Gasteiger partial charge < -0.3 is 10.1 Å². The van der Waals surface area contributed by atoms with Gasteiger partial charge in [-0.3, -0.25) is 0 Å². The molecule has 2 aliphatic rings. The first-order valence-electron chi connectivity index (χ1n) is 6.82. The van der Waals surface area contributed by atoms with Crippen LogP contribution in [0.5, 0.6) is 0 Å². The first-order chi connectivity index (χ1) is 8.66. The predicted octanol–water partition coefficient (Wildman–Crippen LogP) is 3.94. The summed E-state index contributed by atoms with van der Waals surface area (Å²) in [6, 6.07) is 2.62.